The number of benzene rings is 1. The van der Waals surface area contributed by atoms with E-state index in [1.807, 2.05) is 29.7 Å². The minimum absolute atomic E-state index is 0.217. The maximum Gasteiger partial charge on any atom is 0.251 e. The molecule has 0 radical (unpaired) electrons. The van der Waals surface area contributed by atoms with Crippen molar-refractivity contribution < 1.29 is 9.59 Å². The number of thiophene rings is 1. The van der Waals surface area contributed by atoms with Crippen LogP contribution >= 0.6 is 23.1 Å². The van der Waals surface area contributed by atoms with Crippen LogP contribution in [0.1, 0.15) is 35.6 Å². The summed E-state index contributed by atoms with van der Waals surface area (Å²) in [4.78, 5) is 24.0. The largest absolute Gasteiger partial charge is 0.366 e. The van der Waals surface area contributed by atoms with Crippen molar-refractivity contribution in [3.63, 3.8) is 0 Å². The second kappa shape index (κ2) is 9.03. The van der Waals surface area contributed by atoms with Crippen LogP contribution in [0, 0.1) is 0 Å². The van der Waals surface area contributed by atoms with Crippen LogP contribution in [0.4, 0.5) is 5.00 Å². The number of nitrogens with two attached hydrogens (primary N) is 1. The summed E-state index contributed by atoms with van der Waals surface area (Å²) in [6, 6.07) is 11.7. The van der Waals surface area contributed by atoms with Crippen molar-refractivity contribution in [2.75, 3.05) is 5.32 Å². The number of nitrogens with zero attached hydrogens (tertiary/aromatic N) is 3. The predicted octanol–water partition coefficient (Wildman–Crippen LogP) is 3.17. The van der Waals surface area contributed by atoms with Gasteiger partial charge in [0.1, 0.15) is 10.8 Å². The van der Waals surface area contributed by atoms with Crippen molar-refractivity contribution in [2.45, 2.75) is 37.2 Å². The lowest BCUT2D eigenvalue weighted by Gasteiger charge is -2.12. The second-order valence-corrected chi connectivity index (χ2v) is 8.31. The number of hydrogen-bond donors (Lipinski definition) is 2. The number of amides is 2. The van der Waals surface area contributed by atoms with Gasteiger partial charge in [0.2, 0.25) is 5.91 Å². The summed E-state index contributed by atoms with van der Waals surface area (Å²) >= 11 is 2.60. The molecule has 0 aliphatic carbocycles. The van der Waals surface area contributed by atoms with Crippen LogP contribution in [0.25, 0.3) is 0 Å². The number of nitrogens with one attached hydrogen (secondary N) is 1. The maximum atomic E-state index is 12.6. The molecule has 1 atom stereocenters. The molecular weight excluding hydrogens is 394 g/mol. The third kappa shape index (κ3) is 4.60. The fourth-order valence-corrected chi connectivity index (χ4v) is 4.39. The third-order valence-electron chi connectivity index (χ3n) is 4.13. The first kappa shape index (κ1) is 20.1. The average molecular weight is 416 g/mol. The highest BCUT2D eigenvalue weighted by atomic mass is 32.2. The summed E-state index contributed by atoms with van der Waals surface area (Å²) in [5.74, 6) is 0.0800. The molecule has 9 heteroatoms. The Kier molecular flexibility index (Phi) is 6.48. The quantitative estimate of drug-likeness (QED) is 0.550. The molecule has 0 bridgehead atoms. The van der Waals surface area contributed by atoms with Gasteiger partial charge in [-0.1, -0.05) is 42.1 Å². The first-order valence-electron chi connectivity index (χ1n) is 8.80. The van der Waals surface area contributed by atoms with Crippen LogP contribution in [-0.2, 0) is 17.8 Å². The molecule has 2 heterocycles. The van der Waals surface area contributed by atoms with E-state index in [0.29, 0.717) is 28.7 Å². The van der Waals surface area contributed by atoms with Gasteiger partial charge in [-0.05, 0) is 30.9 Å². The van der Waals surface area contributed by atoms with E-state index < -0.39 is 11.2 Å². The molecule has 3 aromatic rings. The van der Waals surface area contributed by atoms with E-state index in [0.717, 1.165) is 11.4 Å². The number of thioether (sulfide) groups is 1. The Hall–Kier alpha value is -2.65. The van der Waals surface area contributed by atoms with Gasteiger partial charge in [-0.2, -0.15) is 0 Å². The smallest absolute Gasteiger partial charge is 0.251 e. The fourth-order valence-electron chi connectivity index (χ4n) is 2.66. The zero-order valence-corrected chi connectivity index (χ0v) is 17.2. The molecule has 3 N–H and O–H groups in total. The second-order valence-electron chi connectivity index (χ2n) is 6.08. The fraction of sp³-hybridized carbons (Fsp3) is 0.263. The Morgan fingerprint density at radius 3 is 2.68 bits per heavy atom. The molecule has 2 aromatic heterocycles. The number of anilines is 1. The maximum absolute atomic E-state index is 12.6. The molecule has 7 nitrogen and oxygen atoms in total. The summed E-state index contributed by atoms with van der Waals surface area (Å²) in [7, 11) is 0. The number of rotatable bonds is 8. The summed E-state index contributed by atoms with van der Waals surface area (Å²) in [6.45, 7) is 4.53. The molecule has 0 aliphatic heterocycles. The molecule has 0 unspecified atom stereocenters. The lowest BCUT2D eigenvalue weighted by molar-refractivity contribution is -0.115. The molecule has 1 aromatic carbocycles. The van der Waals surface area contributed by atoms with Crippen molar-refractivity contribution in [3.05, 3.63) is 58.7 Å². The molecule has 0 aliphatic rings. The van der Waals surface area contributed by atoms with Crippen LogP contribution in [0.5, 0.6) is 0 Å². The van der Waals surface area contributed by atoms with Gasteiger partial charge < -0.3 is 15.6 Å². The van der Waals surface area contributed by atoms with E-state index in [-0.39, 0.29) is 5.91 Å². The zero-order chi connectivity index (χ0) is 20.1. The predicted molar refractivity (Wildman–Crippen MR) is 112 cm³/mol. The third-order valence-corrected chi connectivity index (χ3v) is 6.04. The highest BCUT2D eigenvalue weighted by Gasteiger charge is 2.21. The van der Waals surface area contributed by atoms with Crippen LogP contribution in [0.3, 0.4) is 0 Å². The molecule has 28 heavy (non-hydrogen) atoms. The van der Waals surface area contributed by atoms with Crippen molar-refractivity contribution >= 4 is 39.9 Å². The van der Waals surface area contributed by atoms with E-state index >= 15 is 0 Å². The van der Waals surface area contributed by atoms with Crippen molar-refractivity contribution in [1.29, 1.82) is 0 Å². The van der Waals surface area contributed by atoms with Crippen LogP contribution in [-0.4, -0.2) is 31.8 Å². The monoisotopic (exact) mass is 415 g/mol. The van der Waals surface area contributed by atoms with Crippen LogP contribution < -0.4 is 11.1 Å². The van der Waals surface area contributed by atoms with Gasteiger partial charge in [0, 0.05) is 13.0 Å². The summed E-state index contributed by atoms with van der Waals surface area (Å²) in [5, 5.41) is 13.8. The standard InChI is InChI=1S/C19H21N5O2S2/c1-3-24-15(11-13-7-5-4-6-8-13)22-23-19(24)28-12(2)17(26)21-18-14(16(20)25)9-10-27-18/h4-10,12H,3,11H2,1-2H3,(H2,20,25)(H,21,26)/t12-/m1/s1. The van der Waals surface area contributed by atoms with E-state index in [4.69, 9.17) is 5.73 Å². The number of hydrogen-bond acceptors (Lipinski definition) is 6. The van der Waals surface area contributed by atoms with Gasteiger partial charge in [-0.25, -0.2) is 0 Å². The number of carbonyl (C=O) groups is 2. The van der Waals surface area contributed by atoms with Crippen LogP contribution in [0.15, 0.2) is 46.9 Å². The topological polar surface area (TPSA) is 103 Å². The SMILES string of the molecule is CCn1c(Cc2ccccc2)nnc1S[C@H](C)C(=O)Nc1sccc1C(N)=O. The molecule has 0 saturated heterocycles. The van der Waals surface area contributed by atoms with E-state index in [9.17, 15) is 9.59 Å². The minimum atomic E-state index is -0.562. The number of aromatic nitrogens is 3. The van der Waals surface area contributed by atoms with Gasteiger partial charge in [0.15, 0.2) is 5.16 Å². The Balaban J connectivity index is 1.69. The molecule has 2 amide bonds. The Morgan fingerprint density at radius 2 is 2.00 bits per heavy atom. The molecule has 0 saturated carbocycles. The van der Waals surface area contributed by atoms with Gasteiger partial charge in [0.05, 0.1) is 10.8 Å². The molecule has 3 rings (SSSR count). The summed E-state index contributed by atoms with van der Waals surface area (Å²) < 4.78 is 2.02. The lowest BCUT2D eigenvalue weighted by Crippen LogP contribution is -2.24. The van der Waals surface area contributed by atoms with E-state index in [2.05, 4.69) is 27.6 Å². The van der Waals surface area contributed by atoms with Gasteiger partial charge in [-0.15, -0.1) is 21.5 Å². The van der Waals surface area contributed by atoms with E-state index in [1.165, 1.54) is 23.1 Å². The Morgan fingerprint density at radius 1 is 1.25 bits per heavy atom. The molecule has 0 fully saturated rings. The highest BCUT2D eigenvalue weighted by Crippen LogP contribution is 2.27. The average Bonchev–Trinajstić information content (AvgIpc) is 3.29. The molecule has 146 valence electrons. The van der Waals surface area contributed by atoms with Gasteiger partial charge in [-0.3, -0.25) is 9.59 Å². The van der Waals surface area contributed by atoms with Gasteiger partial charge >= 0.3 is 0 Å². The zero-order valence-electron chi connectivity index (χ0n) is 15.6. The minimum Gasteiger partial charge on any atom is -0.366 e. The summed E-state index contributed by atoms with van der Waals surface area (Å²) in [5.41, 5.74) is 6.80. The summed E-state index contributed by atoms with van der Waals surface area (Å²) in [6.07, 6.45) is 0.681. The lowest BCUT2D eigenvalue weighted by atomic mass is 10.1. The van der Waals surface area contributed by atoms with Crippen molar-refractivity contribution in [3.8, 4) is 0 Å². The van der Waals surface area contributed by atoms with Gasteiger partial charge in [0.25, 0.3) is 5.91 Å². The first-order chi connectivity index (χ1) is 13.5. The Bertz CT molecular complexity index is 968. The van der Waals surface area contributed by atoms with Crippen LogP contribution in [0.2, 0.25) is 0 Å². The number of carbonyl (C=O) groups excluding carboxylic acids is 2. The van der Waals surface area contributed by atoms with Crippen molar-refractivity contribution in [1.82, 2.24) is 14.8 Å². The highest BCUT2D eigenvalue weighted by molar-refractivity contribution is 8.00. The normalized spacial score (nSPS) is 11.9. The first-order valence-corrected chi connectivity index (χ1v) is 10.6. The van der Waals surface area contributed by atoms with Crippen molar-refractivity contribution in [2.24, 2.45) is 5.73 Å². The molecular formula is C19H21N5O2S2. The molecule has 0 spiro atoms. The van der Waals surface area contributed by atoms with E-state index in [1.54, 1.807) is 18.4 Å². The number of primary amides is 1. The Labute approximate surface area is 171 Å².